The van der Waals surface area contributed by atoms with Crippen molar-refractivity contribution in [1.29, 1.82) is 0 Å². The summed E-state index contributed by atoms with van der Waals surface area (Å²) >= 11 is 7.48. The van der Waals surface area contributed by atoms with Gasteiger partial charge in [-0.3, -0.25) is 4.79 Å². The molecular weight excluding hydrogens is 422 g/mol. The fraction of sp³-hybridized carbons (Fsp3) is 0.200. The SMILES string of the molecule is Cc1ccc2cc(CN(Cc3cccs3)C(=S)N[C@H](C)c3ccccc3)c(=O)[nH]c2c1. The van der Waals surface area contributed by atoms with Crippen LogP contribution in [-0.4, -0.2) is 15.0 Å². The number of hydrogen-bond acceptors (Lipinski definition) is 3. The van der Waals surface area contributed by atoms with Crippen molar-refractivity contribution in [3.8, 4) is 0 Å². The van der Waals surface area contributed by atoms with Crippen LogP contribution in [0.15, 0.2) is 76.9 Å². The second-order valence-electron chi connectivity index (χ2n) is 7.73. The third-order valence-electron chi connectivity index (χ3n) is 5.29. The molecule has 31 heavy (non-hydrogen) atoms. The summed E-state index contributed by atoms with van der Waals surface area (Å²) in [5, 5.41) is 7.15. The van der Waals surface area contributed by atoms with Crippen molar-refractivity contribution in [1.82, 2.24) is 15.2 Å². The van der Waals surface area contributed by atoms with Crippen LogP contribution in [0.1, 0.15) is 34.5 Å². The zero-order valence-corrected chi connectivity index (χ0v) is 19.2. The van der Waals surface area contributed by atoms with Crippen LogP contribution in [0.5, 0.6) is 0 Å². The number of nitrogens with zero attached hydrogens (tertiary/aromatic N) is 1. The molecule has 0 saturated heterocycles. The van der Waals surface area contributed by atoms with Crippen molar-refractivity contribution in [3.63, 3.8) is 0 Å². The predicted octanol–water partition coefficient (Wildman–Crippen LogP) is 5.54. The van der Waals surface area contributed by atoms with Crippen LogP contribution in [0.3, 0.4) is 0 Å². The number of pyridine rings is 1. The predicted molar refractivity (Wildman–Crippen MR) is 133 cm³/mol. The number of H-pyrrole nitrogens is 1. The van der Waals surface area contributed by atoms with Crippen LogP contribution in [0.2, 0.25) is 0 Å². The number of hydrogen-bond donors (Lipinski definition) is 2. The Hall–Kier alpha value is -2.96. The normalized spacial score (nSPS) is 11.9. The van der Waals surface area contributed by atoms with Crippen LogP contribution in [0.4, 0.5) is 0 Å². The van der Waals surface area contributed by atoms with E-state index in [4.69, 9.17) is 12.2 Å². The maximum atomic E-state index is 12.8. The van der Waals surface area contributed by atoms with Crippen molar-refractivity contribution < 1.29 is 0 Å². The average molecular weight is 448 g/mol. The Labute approximate surface area is 191 Å². The first-order valence-corrected chi connectivity index (χ1v) is 11.5. The number of thiophene rings is 1. The van der Waals surface area contributed by atoms with Gasteiger partial charge in [0, 0.05) is 16.0 Å². The van der Waals surface area contributed by atoms with Crippen LogP contribution in [0, 0.1) is 6.92 Å². The number of benzene rings is 2. The van der Waals surface area contributed by atoms with Crippen molar-refractivity contribution in [3.05, 3.63) is 104 Å². The van der Waals surface area contributed by atoms with Gasteiger partial charge in [0.2, 0.25) is 0 Å². The summed E-state index contributed by atoms with van der Waals surface area (Å²) in [4.78, 5) is 19.1. The molecule has 158 valence electrons. The molecule has 0 radical (unpaired) electrons. The summed E-state index contributed by atoms with van der Waals surface area (Å²) in [5.41, 5.74) is 3.77. The maximum Gasteiger partial charge on any atom is 0.253 e. The molecule has 2 aromatic carbocycles. The molecule has 0 spiro atoms. The second kappa shape index (κ2) is 9.45. The van der Waals surface area contributed by atoms with Gasteiger partial charge in [-0.25, -0.2) is 0 Å². The van der Waals surface area contributed by atoms with Gasteiger partial charge < -0.3 is 15.2 Å². The van der Waals surface area contributed by atoms with E-state index >= 15 is 0 Å². The summed E-state index contributed by atoms with van der Waals surface area (Å²) in [5.74, 6) is 0. The molecular formula is C25H25N3OS2. The van der Waals surface area contributed by atoms with Gasteiger partial charge in [0.25, 0.3) is 5.56 Å². The van der Waals surface area contributed by atoms with E-state index in [0.717, 1.165) is 16.5 Å². The number of aromatic amines is 1. The molecule has 4 aromatic rings. The minimum Gasteiger partial charge on any atom is -0.356 e. The minimum absolute atomic E-state index is 0.0670. The van der Waals surface area contributed by atoms with Gasteiger partial charge in [-0.15, -0.1) is 11.3 Å². The highest BCUT2D eigenvalue weighted by molar-refractivity contribution is 7.80. The molecule has 6 heteroatoms. The summed E-state index contributed by atoms with van der Waals surface area (Å²) in [6, 6.07) is 22.5. The Bertz CT molecular complexity index is 1230. The fourth-order valence-electron chi connectivity index (χ4n) is 3.57. The standard InChI is InChI=1S/C25H25N3OS2/c1-17-10-11-20-14-21(24(29)27-23(20)13-17)15-28(16-22-9-6-12-31-22)25(30)26-18(2)19-7-4-3-5-8-19/h3-14,18H,15-16H2,1-2H3,(H,26,30)(H,27,29)/t18-/m1/s1. The Kier molecular flexibility index (Phi) is 6.49. The number of nitrogens with one attached hydrogen (secondary N) is 2. The average Bonchev–Trinajstić information content (AvgIpc) is 3.27. The summed E-state index contributed by atoms with van der Waals surface area (Å²) in [7, 11) is 0. The first kappa shape index (κ1) is 21.3. The van der Waals surface area contributed by atoms with Gasteiger partial charge in [-0.2, -0.15) is 0 Å². The Balaban J connectivity index is 1.60. The van der Waals surface area contributed by atoms with Crippen LogP contribution < -0.4 is 10.9 Å². The highest BCUT2D eigenvalue weighted by Gasteiger charge is 2.17. The molecule has 0 fully saturated rings. The van der Waals surface area contributed by atoms with Crippen molar-refractivity contribution in [2.24, 2.45) is 0 Å². The van der Waals surface area contributed by atoms with Gasteiger partial charge in [0.05, 0.1) is 19.1 Å². The molecule has 2 N–H and O–H groups in total. The number of aromatic nitrogens is 1. The van der Waals surface area contributed by atoms with E-state index in [-0.39, 0.29) is 11.6 Å². The Morgan fingerprint density at radius 1 is 1.10 bits per heavy atom. The number of rotatable bonds is 6. The molecule has 0 bridgehead atoms. The molecule has 4 rings (SSSR count). The molecule has 0 unspecified atom stereocenters. The molecule has 0 aliphatic rings. The number of fused-ring (bicyclic) bond motifs is 1. The lowest BCUT2D eigenvalue weighted by atomic mass is 10.1. The van der Waals surface area contributed by atoms with E-state index in [2.05, 4.69) is 51.8 Å². The highest BCUT2D eigenvalue weighted by Crippen LogP contribution is 2.18. The lowest BCUT2D eigenvalue weighted by Crippen LogP contribution is -2.40. The molecule has 2 aromatic heterocycles. The number of thiocarbonyl (C=S) groups is 1. The summed E-state index contributed by atoms with van der Waals surface area (Å²) < 4.78 is 0. The molecule has 1 atom stereocenters. The molecule has 4 nitrogen and oxygen atoms in total. The molecule has 0 amide bonds. The second-order valence-corrected chi connectivity index (χ2v) is 9.15. The van der Waals surface area contributed by atoms with Gasteiger partial charge in [-0.1, -0.05) is 48.5 Å². The lowest BCUT2D eigenvalue weighted by molar-refractivity contribution is 0.395. The van der Waals surface area contributed by atoms with Crippen LogP contribution >= 0.6 is 23.6 Å². The largest absolute Gasteiger partial charge is 0.356 e. The zero-order valence-electron chi connectivity index (χ0n) is 17.6. The van der Waals surface area contributed by atoms with E-state index < -0.39 is 0 Å². The summed E-state index contributed by atoms with van der Waals surface area (Å²) in [6.45, 7) is 5.20. The van der Waals surface area contributed by atoms with Crippen molar-refractivity contribution in [2.45, 2.75) is 33.0 Å². The summed E-state index contributed by atoms with van der Waals surface area (Å²) in [6.07, 6.45) is 0. The van der Waals surface area contributed by atoms with Crippen LogP contribution in [-0.2, 0) is 13.1 Å². The molecule has 2 heterocycles. The van der Waals surface area contributed by atoms with Crippen molar-refractivity contribution in [2.75, 3.05) is 0 Å². The quantitative estimate of drug-likeness (QED) is 0.381. The Morgan fingerprint density at radius 2 is 1.90 bits per heavy atom. The third-order valence-corrected chi connectivity index (χ3v) is 6.53. The first-order valence-electron chi connectivity index (χ1n) is 10.2. The fourth-order valence-corrected chi connectivity index (χ4v) is 4.60. The highest BCUT2D eigenvalue weighted by atomic mass is 32.1. The van der Waals surface area contributed by atoms with Gasteiger partial charge in [0.1, 0.15) is 0 Å². The smallest absolute Gasteiger partial charge is 0.253 e. The van der Waals surface area contributed by atoms with Crippen molar-refractivity contribution >= 4 is 39.6 Å². The van der Waals surface area contributed by atoms with Gasteiger partial charge in [0.15, 0.2) is 5.11 Å². The maximum absolute atomic E-state index is 12.8. The van der Waals surface area contributed by atoms with Gasteiger partial charge >= 0.3 is 0 Å². The zero-order chi connectivity index (χ0) is 21.8. The molecule has 0 aliphatic carbocycles. The lowest BCUT2D eigenvalue weighted by Gasteiger charge is -2.28. The third kappa shape index (κ3) is 5.21. The molecule has 0 aliphatic heterocycles. The number of aryl methyl sites for hydroxylation is 1. The molecule has 0 saturated carbocycles. The van der Waals surface area contributed by atoms with E-state index in [1.54, 1.807) is 11.3 Å². The van der Waals surface area contributed by atoms with E-state index in [0.29, 0.717) is 23.8 Å². The van der Waals surface area contributed by atoms with E-state index in [1.165, 1.54) is 10.4 Å². The van der Waals surface area contributed by atoms with E-state index in [9.17, 15) is 4.79 Å². The minimum atomic E-state index is -0.0758. The van der Waals surface area contributed by atoms with Crippen LogP contribution in [0.25, 0.3) is 10.9 Å². The topological polar surface area (TPSA) is 48.1 Å². The Morgan fingerprint density at radius 3 is 2.65 bits per heavy atom. The first-order chi connectivity index (χ1) is 15.0. The van der Waals surface area contributed by atoms with Gasteiger partial charge in [-0.05, 0) is 66.2 Å². The van der Waals surface area contributed by atoms with E-state index in [1.807, 2.05) is 49.4 Å². The monoisotopic (exact) mass is 447 g/mol.